The van der Waals surface area contributed by atoms with E-state index in [9.17, 15) is 19.7 Å². The summed E-state index contributed by atoms with van der Waals surface area (Å²) in [5, 5.41) is 10.6. The van der Waals surface area contributed by atoms with E-state index in [1.165, 1.54) is 30.3 Å². The first-order chi connectivity index (χ1) is 11.5. The van der Waals surface area contributed by atoms with Crippen molar-refractivity contribution in [3.05, 3.63) is 64.2 Å². The number of piperazine rings is 1. The molecule has 0 N–H and O–H groups in total. The molecule has 1 aromatic carbocycles. The Morgan fingerprint density at radius 2 is 1.62 bits per heavy atom. The Morgan fingerprint density at radius 1 is 1.04 bits per heavy atom. The molecule has 1 aromatic rings. The van der Waals surface area contributed by atoms with Gasteiger partial charge in [0.2, 0.25) is 5.91 Å². The molecule has 0 saturated carbocycles. The van der Waals surface area contributed by atoms with Crippen LogP contribution in [0.4, 0.5) is 5.69 Å². The second-order valence-electron chi connectivity index (χ2n) is 5.31. The zero-order valence-electron chi connectivity index (χ0n) is 13.4. The summed E-state index contributed by atoms with van der Waals surface area (Å²) in [4.78, 5) is 37.8. The van der Waals surface area contributed by atoms with E-state index in [-0.39, 0.29) is 17.5 Å². The maximum atomic E-state index is 12.4. The van der Waals surface area contributed by atoms with E-state index in [1.807, 2.05) is 13.0 Å². The lowest BCUT2D eigenvalue weighted by Gasteiger charge is -2.34. The van der Waals surface area contributed by atoms with E-state index in [4.69, 9.17) is 0 Å². The zero-order chi connectivity index (χ0) is 17.5. The number of hydrogen-bond acceptors (Lipinski definition) is 4. The summed E-state index contributed by atoms with van der Waals surface area (Å²) in [5.74, 6) is -0.253. The normalized spacial score (nSPS) is 15.2. The van der Waals surface area contributed by atoms with Gasteiger partial charge < -0.3 is 9.80 Å². The first-order valence-corrected chi connectivity index (χ1v) is 7.65. The Kier molecular flexibility index (Phi) is 5.83. The minimum Gasteiger partial charge on any atom is -0.336 e. The molecular formula is C17H19N3O4. The summed E-state index contributed by atoms with van der Waals surface area (Å²) in [6.45, 7) is 3.70. The average molecular weight is 329 g/mol. The predicted octanol–water partition coefficient (Wildman–Crippen LogP) is 2.01. The summed E-state index contributed by atoms with van der Waals surface area (Å²) in [6.07, 6.45) is 6.82. The van der Waals surface area contributed by atoms with E-state index in [0.29, 0.717) is 31.7 Å². The second-order valence-corrected chi connectivity index (χ2v) is 5.31. The van der Waals surface area contributed by atoms with Gasteiger partial charge in [-0.1, -0.05) is 18.2 Å². The minimum atomic E-state index is -0.500. The summed E-state index contributed by atoms with van der Waals surface area (Å²) < 4.78 is 0. The number of nitro groups is 1. The molecule has 1 aliphatic rings. The van der Waals surface area contributed by atoms with Gasteiger partial charge in [-0.3, -0.25) is 19.7 Å². The molecule has 7 nitrogen and oxygen atoms in total. The number of non-ortho nitro benzene ring substituents is 1. The number of carbonyl (C=O) groups is 2. The molecule has 2 amide bonds. The summed E-state index contributed by atoms with van der Waals surface area (Å²) in [7, 11) is 0. The van der Waals surface area contributed by atoms with Crippen molar-refractivity contribution in [1.82, 2.24) is 9.80 Å². The fraction of sp³-hybridized carbons (Fsp3) is 0.294. The van der Waals surface area contributed by atoms with Gasteiger partial charge in [-0.15, -0.1) is 0 Å². The second kappa shape index (κ2) is 8.05. The molecule has 1 fully saturated rings. The van der Waals surface area contributed by atoms with E-state index in [1.54, 1.807) is 22.0 Å². The van der Waals surface area contributed by atoms with Gasteiger partial charge in [0.25, 0.3) is 11.6 Å². The third-order valence-corrected chi connectivity index (χ3v) is 3.75. The maximum absolute atomic E-state index is 12.4. The molecule has 24 heavy (non-hydrogen) atoms. The standard InChI is InChI=1S/C17H19N3O4/c1-2-3-4-5-16(21)18-10-12-19(13-11-18)17(22)14-6-8-15(9-7-14)20(23)24/h2-9H,10-13H2,1H3/b3-2+,5-4-. The molecule has 0 unspecified atom stereocenters. The van der Waals surface area contributed by atoms with Crippen molar-refractivity contribution in [3.8, 4) is 0 Å². The lowest BCUT2D eigenvalue weighted by atomic mass is 10.1. The number of hydrogen-bond donors (Lipinski definition) is 0. The van der Waals surface area contributed by atoms with E-state index in [0.717, 1.165) is 0 Å². The number of amides is 2. The van der Waals surface area contributed by atoms with Crippen LogP contribution in [0.1, 0.15) is 17.3 Å². The SMILES string of the molecule is C/C=C/C=C\C(=O)N1CCN(C(=O)c2ccc([N+](=O)[O-])cc2)CC1. The van der Waals surface area contributed by atoms with Crippen LogP contribution in [0, 0.1) is 10.1 Å². The zero-order valence-corrected chi connectivity index (χ0v) is 13.4. The predicted molar refractivity (Wildman–Crippen MR) is 89.5 cm³/mol. The highest BCUT2D eigenvalue weighted by molar-refractivity contribution is 5.94. The van der Waals surface area contributed by atoms with Crippen molar-refractivity contribution >= 4 is 17.5 Å². The van der Waals surface area contributed by atoms with Crippen molar-refractivity contribution in [2.75, 3.05) is 26.2 Å². The van der Waals surface area contributed by atoms with Crippen LogP contribution in [0.3, 0.4) is 0 Å². The topological polar surface area (TPSA) is 83.8 Å². The lowest BCUT2D eigenvalue weighted by molar-refractivity contribution is -0.384. The molecule has 126 valence electrons. The smallest absolute Gasteiger partial charge is 0.269 e. The van der Waals surface area contributed by atoms with Crippen molar-refractivity contribution < 1.29 is 14.5 Å². The largest absolute Gasteiger partial charge is 0.336 e. The molecule has 0 aromatic heterocycles. The highest BCUT2D eigenvalue weighted by atomic mass is 16.6. The van der Waals surface area contributed by atoms with Gasteiger partial charge in [0, 0.05) is 50.0 Å². The number of benzene rings is 1. The van der Waals surface area contributed by atoms with E-state index in [2.05, 4.69) is 0 Å². The Labute approximate surface area is 140 Å². The lowest BCUT2D eigenvalue weighted by Crippen LogP contribution is -2.50. The highest BCUT2D eigenvalue weighted by Crippen LogP contribution is 2.14. The molecule has 2 rings (SSSR count). The quantitative estimate of drug-likeness (QED) is 0.366. The van der Waals surface area contributed by atoms with Crippen LogP contribution >= 0.6 is 0 Å². The molecule has 0 bridgehead atoms. The monoisotopic (exact) mass is 329 g/mol. The van der Waals surface area contributed by atoms with E-state index < -0.39 is 4.92 Å². The molecule has 7 heteroatoms. The fourth-order valence-corrected chi connectivity index (χ4v) is 2.39. The summed E-state index contributed by atoms with van der Waals surface area (Å²) in [6, 6.07) is 5.55. The van der Waals surface area contributed by atoms with Gasteiger partial charge in [-0.25, -0.2) is 0 Å². The number of nitrogens with zero attached hydrogens (tertiary/aromatic N) is 3. The third-order valence-electron chi connectivity index (χ3n) is 3.75. The molecule has 0 radical (unpaired) electrons. The van der Waals surface area contributed by atoms with Gasteiger partial charge in [-0.2, -0.15) is 0 Å². The Balaban J connectivity index is 1.92. The number of rotatable bonds is 4. The molecule has 1 heterocycles. The van der Waals surface area contributed by atoms with Crippen molar-refractivity contribution in [2.24, 2.45) is 0 Å². The average Bonchev–Trinajstić information content (AvgIpc) is 2.61. The van der Waals surface area contributed by atoms with Crippen LogP contribution in [0.25, 0.3) is 0 Å². The summed E-state index contributed by atoms with van der Waals surface area (Å²) >= 11 is 0. The summed E-state index contributed by atoms with van der Waals surface area (Å²) in [5.41, 5.74) is 0.364. The van der Waals surface area contributed by atoms with Crippen LogP contribution in [-0.4, -0.2) is 52.7 Å². The number of carbonyl (C=O) groups excluding carboxylic acids is 2. The van der Waals surface area contributed by atoms with Crippen LogP contribution in [0.15, 0.2) is 48.6 Å². The van der Waals surface area contributed by atoms with Gasteiger partial charge >= 0.3 is 0 Å². The van der Waals surface area contributed by atoms with Gasteiger partial charge in [-0.05, 0) is 19.1 Å². The molecule has 0 aliphatic carbocycles. The Morgan fingerprint density at radius 3 is 2.17 bits per heavy atom. The fourth-order valence-electron chi connectivity index (χ4n) is 2.39. The number of nitro benzene ring substituents is 1. The maximum Gasteiger partial charge on any atom is 0.269 e. The number of allylic oxidation sites excluding steroid dienone is 3. The first-order valence-electron chi connectivity index (χ1n) is 7.65. The molecule has 1 aliphatic heterocycles. The molecule has 0 atom stereocenters. The van der Waals surface area contributed by atoms with E-state index >= 15 is 0 Å². The van der Waals surface area contributed by atoms with Gasteiger partial charge in [0.1, 0.15) is 0 Å². The van der Waals surface area contributed by atoms with Crippen molar-refractivity contribution in [1.29, 1.82) is 0 Å². The molecule has 0 spiro atoms. The first kappa shape index (κ1) is 17.4. The van der Waals surface area contributed by atoms with Crippen molar-refractivity contribution in [2.45, 2.75) is 6.92 Å². The van der Waals surface area contributed by atoms with Gasteiger partial charge in [0.15, 0.2) is 0 Å². The van der Waals surface area contributed by atoms with Gasteiger partial charge in [0.05, 0.1) is 4.92 Å². The molecular weight excluding hydrogens is 310 g/mol. The third kappa shape index (κ3) is 4.28. The Hall–Kier alpha value is -2.96. The molecule has 1 saturated heterocycles. The van der Waals surface area contributed by atoms with Crippen LogP contribution in [0.5, 0.6) is 0 Å². The minimum absolute atomic E-state index is 0.0464. The van der Waals surface area contributed by atoms with Crippen LogP contribution < -0.4 is 0 Å². The van der Waals surface area contributed by atoms with Crippen LogP contribution in [-0.2, 0) is 4.79 Å². The van der Waals surface area contributed by atoms with Crippen LogP contribution in [0.2, 0.25) is 0 Å². The highest BCUT2D eigenvalue weighted by Gasteiger charge is 2.24. The van der Waals surface area contributed by atoms with Crippen molar-refractivity contribution in [3.63, 3.8) is 0 Å². The Bertz CT molecular complexity index is 672.